The smallest absolute Gasteiger partial charge is 0.255 e. The Balaban J connectivity index is 1.88. The minimum Gasteiger partial charge on any atom is -0.493 e. The van der Waals surface area contributed by atoms with E-state index < -0.39 is 0 Å². The summed E-state index contributed by atoms with van der Waals surface area (Å²) in [7, 11) is 3.11. The van der Waals surface area contributed by atoms with E-state index in [0.717, 1.165) is 36.2 Å². The zero-order valence-electron chi connectivity index (χ0n) is 17.1. The van der Waals surface area contributed by atoms with Crippen LogP contribution in [0.1, 0.15) is 34.8 Å². The van der Waals surface area contributed by atoms with E-state index in [1.54, 1.807) is 44.3 Å². The van der Waals surface area contributed by atoms with E-state index in [-0.39, 0.29) is 11.8 Å². The molecule has 29 heavy (non-hydrogen) atoms. The molecule has 1 N–H and O–H groups in total. The molecule has 152 valence electrons. The highest BCUT2D eigenvalue weighted by molar-refractivity contribution is 6.05. The number of ether oxygens (including phenoxy) is 2. The molecule has 0 saturated heterocycles. The maximum atomic E-state index is 12.9. The van der Waals surface area contributed by atoms with Crippen molar-refractivity contribution < 1.29 is 19.1 Å². The van der Waals surface area contributed by atoms with E-state index in [1.165, 1.54) is 0 Å². The van der Waals surface area contributed by atoms with Gasteiger partial charge in [-0.25, -0.2) is 0 Å². The van der Waals surface area contributed by atoms with Crippen molar-refractivity contribution in [3.63, 3.8) is 0 Å². The Morgan fingerprint density at radius 1 is 1.21 bits per heavy atom. The summed E-state index contributed by atoms with van der Waals surface area (Å²) in [6.07, 6.45) is 4.09. The quantitative estimate of drug-likeness (QED) is 0.753. The van der Waals surface area contributed by atoms with Crippen LogP contribution in [0, 0.1) is 0 Å². The van der Waals surface area contributed by atoms with Crippen LogP contribution in [0.25, 0.3) is 0 Å². The van der Waals surface area contributed by atoms with Crippen LogP contribution in [0.2, 0.25) is 0 Å². The monoisotopic (exact) mass is 394 g/mol. The molecule has 0 aliphatic carbocycles. The minimum atomic E-state index is -0.240. The van der Waals surface area contributed by atoms with Gasteiger partial charge in [-0.1, -0.05) is 6.08 Å². The van der Waals surface area contributed by atoms with Crippen LogP contribution in [0.5, 0.6) is 11.5 Å². The van der Waals surface area contributed by atoms with Crippen LogP contribution in [0.15, 0.2) is 43.0 Å². The standard InChI is InChI=1S/C23H26N2O4/c1-5-7-17-12-18(14-21(28-3)22(17)29-4)23(27)24-19-9-10-20-16(13-19)8-6-11-25(20)15(2)26/h5,9-10,12-14H,1,6-8,11H2,2-4H3,(H,24,27). The first kappa shape index (κ1) is 20.5. The number of hydrogen-bond donors (Lipinski definition) is 1. The topological polar surface area (TPSA) is 67.9 Å². The number of amides is 2. The molecular formula is C23H26N2O4. The number of allylic oxidation sites excluding steroid dienone is 1. The second kappa shape index (κ2) is 8.82. The van der Waals surface area contributed by atoms with Gasteiger partial charge in [0.25, 0.3) is 5.91 Å². The number of methoxy groups -OCH3 is 2. The van der Waals surface area contributed by atoms with Crippen molar-refractivity contribution in [3.05, 3.63) is 59.7 Å². The summed E-state index contributed by atoms with van der Waals surface area (Å²) in [6.45, 7) is 6.06. The molecule has 1 aliphatic heterocycles. The predicted molar refractivity (Wildman–Crippen MR) is 114 cm³/mol. The highest BCUT2D eigenvalue weighted by atomic mass is 16.5. The van der Waals surface area contributed by atoms with Crippen LogP contribution in [-0.4, -0.2) is 32.6 Å². The highest BCUT2D eigenvalue weighted by Gasteiger charge is 2.21. The number of nitrogens with zero attached hydrogens (tertiary/aromatic N) is 1. The molecule has 1 aliphatic rings. The molecule has 0 fully saturated rings. The van der Waals surface area contributed by atoms with Crippen molar-refractivity contribution in [1.29, 1.82) is 0 Å². The van der Waals surface area contributed by atoms with Crippen molar-refractivity contribution >= 4 is 23.2 Å². The molecule has 0 atom stereocenters. The molecule has 0 radical (unpaired) electrons. The lowest BCUT2D eigenvalue weighted by atomic mass is 10.0. The van der Waals surface area contributed by atoms with E-state index in [4.69, 9.17) is 9.47 Å². The lowest BCUT2D eigenvalue weighted by molar-refractivity contribution is -0.116. The van der Waals surface area contributed by atoms with Gasteiger partial charge in [-0.2, -0.15) is 0 Å². The maximum absolute atomic E-state index is 12.9. The Morgan fingerprint density at radius 2 is 2.00 bits per heavy atom. The van der Waals surface area contributed by atoms with Gasteiger partial charge >= 0.3 is 0 Å². The summed E-state index contributed by atoms with van der Waals surface area (Å²) in [5.41, 5.74) is 3.97. The highest BCUT2D eigenvalue weighted by Crippen LogP contribution is 2.34. The zero-order chi connectivity index (χ0) is 21.0. The first-order valence-corrected chi connectivity index (χ1v) is 9.56. The van der Waals surface area contributed by atoms with Gasteiger partial charge in [0.1, 0.15) is 0 Å². The normalized spacial score (nSPS) is 12.7. The fraction of sp³-hybridized carbons (Fsp3) is 0.304. The van der Waals surface area contributed by atoms with Gasteiger partial charge in [0.2, 0.25) is 5.91 Å². The summed E-state index contributed by atoms with van der Waals surface area (Å²) in [4.78, 5) is 26.5. The number of hydrogen-bond acceptors (Lipinski definition) is 4. The van der Waals surface area contributed by atoms with Gasteiger partial charge in [-0.15, -0.1) is 6.58 Å². The third-order valence-corrected chi connectivity index (χ3v) is 5.02. The molecule has 0 unspecified atom stereocenters. The predicted octanol–water partition coefficient (Wildman–Crippen LogP) is 3.98. The van der Waals surface area contributed by atoms with Gasteiger partial charge in [-0.3, -0.25) is 9.59 Å². The molecule has 0 bridgehead atoms. The van der Waals surface area contributed by atoms with Gasteiger partial charge in [0.15, 0.2) is 11.5 Å². The van der Waals surface area contributed by atoms with Gasteiger partial charge in [0, 0.05) is 36.0 Å². The zero-order valence-corrected chi connectivity index (χ0v) is 17.1. The molecule has 0 spiro atoms. The lowest BCUT2D eigenvalue weighted by Gasteiger charge is -2.29. The number of nitrogens with one attached hydrogen (secondary N) is 1. The summed E-state index contributed by atoms with van der Waals surface area (Å²) < 4.78 is 10.8. The van der Waals surface area contributed by atoms with Crippen molar-refractivity contribution in [2.45, 2.75) is 26.2 Å². The van der Waals surface area contributed by atoms with Crippen LogP contribution in [-0.2, 0) is 17.6 Å². The lowest BCUT2D eigenvalue weighted by Crippen LogP contribution is -2.33. The van der Waals surface area contributed by atoms with E-state index in [9.17, 15) is 9.59 Å². The Morgan fingerprint density at radius 3 is 2.66 bits per heavy atom. The number of benzene rings is 2. The van der Waals surface area contributed by atoms with Crippen LogP contribution < -0.4 is 19.7 Å². The van der Waals surface area contributed by atoms with Crippen LogP contribution in [0.4, 0.5) is 11.4 Å². The van der Waals surface area contributed by atoms with E-state index in [1.807, 2.05) is 18.2 Å². The number of aryl methyl sites for hydroxylation is 1. The van der Waals surface area contributed by atoms with E-state index in [2.05, 4.69) is 11.9 Å². The summed E-state index contributed by atoms with van der Waals surface area (Å²) in [5.74, 6) is 0.889. The fourth-order valence-corrected chi connectivity index (χ4v) is 3.69. The van der Waals surface area contributed by atoms with Gasteiger partial charge < -0.3 is 19.7 Å². The Bertz CT molecular complexity index is 952. The molecule has 6 nitrogen and oxygen atoms in total. The maximum Gasteiger partial charge on any atom is 0.255 e. The van der Waals surface area contributed by atoms with Crippen LogP contribution >= 0.6 is 0 Å². The molecule has 2 amide bonds. The number of fused-ring (bicyclic) bond motifs is 1. The number of carbonyl (C=O) groups is 2. The van der Waals surface area contributed by atoms with E-state index in [0.29, 0.717) is 29.2 Å². The average Bonchev–Trinajstić information content (AvgIpc) is 2.72. The summed E-state index contributed by atoms with van der Waals surface area (Å²) in [5, 5.41) is 2.95. The Kier molecular flexibility index (Phi) is 6.22. The second-order valence-corrected chi connectivity index (χ2v) is 6.94. The minimum absolute atomic E-state index is 0.0304. The Labute approximate surface area is 171 Å². The second-order valence-electron chi connectivity index (χ2n) is 6.94. The third kappa shape index (κ3) is 4.26. The van der Waals surface area contributed by atoms with Crippen molar-refractivity contribution in [3.8, 4) is 11.5 Å². The molecule has 6 heteroatoms. The van der Waals surface area contributed by atoms with Crippen LogP contribution in [0.3, 0.4) is 0 Å². The first-order valence-electron chi connectivity index (χ1n) is 9.56. The third-order valence-electron chi connectivity index (χ3n) is 5.02. The first-order chi connectivity index (χ1) is 14.0. The molecule has 2 aromatic rings. The molecule has 1 heterocycles. The molecule has 3 rings (SSSR count). The number of anilines is 2. The molecular weight excluding hydrogens is 368 g/mol. The number of carbonyl (C=O) groups excluding carboxylic acids is 2. The number of rotatable bonds is 6. The molecule has 2 aromatic carbocycles. The van der Waals surface area contributed by atoms with Gasteiger partial charge in [-0.05, 0) is 55.2 Å². The average molecular weight is 394 g/mol. The van der Waals surface area contributed by atoms with Crippen molar-refractivity contribution in [2.75, 3.05) is 31.0 Å². The molecule has 0 aromatic heterocycles. The Hall–Kier alpha value is -3.28. The SMILES string of the molecule is C=CCc1cc(C(=O)Nc2ccc3c(c2)CCCN3C(C)=O)cc(OC)c1OC. The van der Waals surface area contributed by atoms with Crippen molar-refractivity contribution in [1.82, 2.24) is 0 Å². The summed E-state index contributed by atoms with van der Waals surface area (Å²) in [6, 6.07) is 9.10. The van der Waals surface area contributed by atoms with Crippen molar-refractivity contribution in [2.24, 2.45) is 0 Å². The summed E-state index contributed by atoms with van der Waals surface area (Å²) >= 11 is 0. The van der Waals surface area contributed by atoms with Gasteiger partial charge in [0.05, 0.1) is 14.2 Å². The fourth-order valence-electron chi connectivity index (χ4n) is 3.69. The molecule has 0 saturated carbocycles. The van der Waals surface area contributed by atoms with E-state index >= 15 is 0 Å². The largest absolute Gasteiger partial charge is 0.493 e.